The molecule has 3 heteroatoms. The molecule has 0 unspecified atom stereocenters. The van der Waals surface area contributed by atoms with Crippen molar-refractivity contribution in [3.05, 3.63) is 23.3 Å². The standard InChI is InChI=1S/C31H48O3/c1-19(2)20(3)9-10-21(27(33)34)22-13-17-31(8)24-11-12-25-28(4,5)26(32)15-16-29(25,6)23(24)14-18-30(22,31)7/h19,21-22,25H,3,9-18H2,1-2,4-8H3,(H,33,34)/t21-,22-,25+,29-,30-,31+/m1/s1. The van der Waals surface area contributed by atoms with Gasteiger partial charge >= 0.3 is 5.97 Å². The van der Waals surface area contributed by atoms with Gasteiger partial charge in [0.15, 0.2) is 0 Å². The zero-order valence-electron chi connectivity index (χ0n) is 22.9. The van der Waals surface area contributed by atoms with E-state index in [9.17, 15) is 14.7 Å². The first-order valence-electron chi connectivity index (χ1n) is 13.9. The maximum Gasteiger partial charge on any atom is 0.306 e. The molecule has 0 aromatic rings. The quantitative estimate of drug-likeness (QED) is 0.402. The minimum Gasteiger partial charge on any atom is -0.481 e. The Morgan fingerprint density at radius 3 is 2.29 bits per heavy atom. The van der Waals surface area contributed by atoms with Gasteiger partial charge in [0.2, 0.25) is 0 Å². The molecule has 0 aliphatic heterocycles. The Kier molecular flexibility index (Phi) is 6.31. The van der Waals surface area contributed by atoms with Crippen LogP contribution in [-0.2, 0) is 9.59 Å². The minimum absolute atomic E-state index is 0.0251. The zero-order valence-corrected chi connectivity index (χ0v) is 22.9. The van der Waals surface area contributed by atoms with Crippen LogP contribution in [-0.4, -0.2) is 16.9 Å². The number of carboxylic acid groups (broad SMARTS) is 1. The highest BCUT2D eigenvalue weighted by Crippen LogP contribution is 2.72. The molecule has 3 nitrogen and oxygen atoms in total. The Morgan fingerprint density at radius 1 is 1.00 bits per heavy atom. The number of carbonyl (C=O) groups is 2. The lowest BCUT2D eigenvalue weighted by molar-refractivity contribution is -0.146. The van der Waals surface area contributed by atoms with E-state index in [2.05, 4.69) is 55.0 Å². The van der Waals surface area contributed by atoms with Gasteiger partial charge in [0.25, 0.3) is 0 Å². The molecule has 2 fully saturated rings. The summed E-state index contributed by atoms with van der Waals surface area (Å²) in [5.74, 6) is 0.596. The molecular weight excluding hydrogens is 420 g/mol. The summed E-state index contributed by atoms with van der Waals surface area (Å²) >= 11 is 0. The van der Waals surface area contributed by atoms with Crippen molar-refractivity contribution in [2.24, 2.45) is 45.3 Å². The van der Waals surface area contributed by atoms with Gasteiger partial charge < -0.3 is 5.11 Å². The lowest BCUT2D eigenvalue weighted by Gasteiger charge is -2.60. The van der Waals surface area contributed by atoms with Gasteiger partial charge in [0.1, 0.15) is 5.78 Å². The highest BCUT2D eigenvalue weighted by molar-refractivity contribution is 5.85. The predicted molar refractivity (Wildman–Crippen MR) is 138 cm³/mol. The molecule has 34 heavy (non-hydrogen) atoms. The number of aliphatic carboxylic acids is 1. The van der Waals surface area contributed by atoms with Crippen molar-refractivity contribution in [1.82, 2.24) is 0 Å². The second-order valence-electron chi connectivity index (χ2n) is 13.8. The molecule has 0 saturated heterocycles. The molecule has 1 N–H and O–H groups in total. The Bertz CT molecular complexity index is 923. The molecule has 0 heterocycles. The lowest BCUT2D eigenvalue weighted by atomic mass is 9.43. The largest absolute Gasteiger partial charge is 0.481 e. The number of rotatable bonds is 6. The Balaban J connectivity index is 1.68. The van der Waals surface area contributed by atoms with E-state index in [1.165, 1.54) is 5.57 Å². The van der Waals surface area contributed by atoms with Crippen molar-refractivity contribution < 1.29 is 14.7 Å². The smallest absolute Gasteiger partial charge is 0.306 e. The number of ketones is 1. The molecular formula is C31H48O3. The van der Waals surface area contributed by atoms with Crippen LogP contribution in [0.4, 0.5) is 0 Å². The summed E-state index contributed by atoms with van der Waals surface area (Å²) in [5, 5.41) is 10.3. The first-order valence-corrected chi connectivity index (χ1v) is 13.9. The van der Waals surface area contributed by atoms with Crippen molar-refractivity contribution in [1.29, 1.82) is 0 Å². The monoisotopic (exact) mass is 468 g/mol. The Labute approximate surface area is 207 Å². The summed E-state index contributed by atoms with van der Waals surface area (Å²) < 4.78 is 0. The van der Waals surface area contributed by atoms with E-state index in [1.807, 2.05) is 0 Å². The van der Waals surface area contributed by atoms with Crippen LogP contribution in [0.15, 0.2) is 23.3 Å². The number of allylic oxidation sites excluding steroid dienone is 3. The first kappa shape index (κ1) is 25.7. The molecule has 0 amide bonds. The molecule has 0 aromatic carbocycles. The molecule has 4 rings (SSSR count). The summed E-state index contributed by atoms with van der Waals surface area (Å²) in [4.78, 5) is 25.4. The molecule has 2 saturated carbocycles. The number of hydrogen-bond acceptors (Lipinski definition) is 2. The van der Waals surface area contributed by atoms with Crippen molar-refractivity contribution >= 4 is 11.8 Å². The third-order valence-corrected chi connectivity index (χ3v) is 12.0. The molecule has 4 aliphatic carbocycles. The predicted octanol–water partition coefficient (Wildman–Crippen LogP) is 8.00. The van der Waals surface area contributed by atoms with Gasteiger partial charge in [-0.05, 0) is 91.8 Å². The summed E-state index contributed by atoms with van der Waals surface area (Å²) in [7, 11) is 0. The maximum absolute atomic E-state index is 12.8. The van der Waals surface area contributed by atoms with Crippen LogP contribution in [0.1, 0.15) is 113 Å². The fourth-order valence-corrected chi connectivity index (χ4v) is 9.30. The minimum atomic E-state index is -0.616. The van der Waals surface area contributed by atoms with Gasteiger partial charge in [-0.3, -0.25) is 9.59 Å². The normalized spacial score (nSPS) is 39.9. The summed E-state index contributed by atoms with van der Waals surface area (Å²) in [6, 6.07) is 0. The highest BCUT2D eigenvalue weighted by Gasteiger charge is 2.64. The van der Waals surface area contributed by atoms with E-state index < -0.39 is 5.97 Å². The lowest BCUT2D eigenvalue weighted by Crippen LogP contribution is -2.54. The third-order valence-electron chi connectivity index (χ3n) is 12.0. The molecule has 0 spiro atoms. The van der Waals surface area contributed by atoms with E-state index in [1.54, 1.807) is 11.1 Å². The van der Waals surface area contributed by atoms with E-state index in [4.69, 9.17) is 0 Å². The molecule has 190 valence electrons. The number of carboxylic acids is 1. The molecule has 0 radical (unpaired) electrons. The highest BCUT2D eigenvalue weighted by atomic mass is 16.4. The fraction of sp³-hybridized carbons (Fsp3) is 0.806. The van der Waals surface area contributed by atoms with Crippen molar-refractivity contribution in [2.75, 3.05) is 0 Å². The van der Waals surface area contributed by atoms with Gasteiger partial charge in [-0.25, -0.2) is 0 Å². The molecule has 0 aromatic heterocycles. The van der Waals surface area contributed by atoms with Crippen LogP contribution in [0.5, 0.6) is 0 Å². The van der Waals surface area contributed by atoms with E-state index in [-0.39, 0.29) is 33.5 Å². The SMILES string of the molecule is C=C(CC[C@@H](C(=O)O)[C@H]1CC[C@@]2(C)C3=C(CC[C@]12C)[C@@]1(C)CCC(=O)C(C)(C)[C@@H]1CC3)C(C)C. The van der Waals surface area contributed by atoms with Crippen LogP contribution in [0, 0.1) is 45.3 Å². The summed E-state index contributed by atoms with van der Waals surface area (Å²) in [6.45, 7) is 20.2. The van der Waals surface area contributed by atoms with Gasteiger partial charge in [-0.15, -0.1) is 0 Å². The number of fused-ring (bicyclic) bond motifs is 4. The van der Waals surface area contributed by atoms with Crippen LogP contribution in [0.3, 0.4) is 0 Å². The van der Waals surface area contributed by atoms with Crippen molar-refractivity contribution in [2.45, 2.75) is 113 Å². The molecule has 4 aliphatic rings. The number of Topliss-reactive ketones (excluding diaryl/α,β-unsaturated/α-hetero) is 1. The summed E-state index contributed by atoms with van der Waals surface area (Å²) in [5.41, 5.74) is 4.47. The average molecular weight is 469 g/mol. The van der Waals surface area contributed by atoms with Crippen LogP contribution in [0.2, 0.25) is 0 Å². The Hall–Kier alpha value is -1.38. The van der Waals surface area contributed by atoms with Gasteiger partial charge in [0.05, 0.1) is 5.92 Å². The van der Waals surface area contributed by atoms with Crippen LogP contribution >= 0.6 is 0 Å². The van der Waals surface area contributed by atoms with E-state index in [0.29, 0.717) is 30.5 Å². The van der Waals surface area contributed by atoms with Crippen molar-refractivity contribution in [3.8, 4) is 0 Å². The van der Waals surface area contributed by atoms with Gasteiger partial charge in [0, 0.05) is 11.8 Å². The second-order valence-corrected chi connectivity index (χ2v) is 13.8. The molecule has 0 bridgehead atoms. The van der Waals surface area contributed by atoms with E-state index >= 15 is 0 Å². The number of hydrogen-bond donors (Lipinski definition) is 1. The van der Waals surface area contributed by atoms with Gasteiger partial charge in [-0.1, -0.05) is 71.8 Å². The van der Waals surface area contributed by atoms with Crippen LogP contribution < -0.4 is 0 Å². The average Bonchev–Trinajstić information content (AvgIpc) is 3.02. The fourth-order valence-electron chi connectivity index (χ4n) is 9.30. The van der Waals surface area contributed by atoms with E-state index in [0.717, 1.165) is 51.4 Å². The first-order chi connectivity index (χ1) is 15.7. The van der Waals surface area contributed by atoms with Gasteiger partial charge in [-0.2, -0.15) is 0 Å². The third kappa shape index (κ3) is 3.50. The zero-order chi connectivity index (χ0) is 25.3. The van der Waals surface area contributed by atoms with Crippen LogP contribution in [0.25, 0.3) is 0 Å². The maximum atomic E-state index is 12.8. The van der Waals surface area contributed by atoms with Crippen molar-refractivity contribution in [3.63, 3.8) is 0 Å². The second kappa shape index (κ2) is 8.34. The Morgan fingerprint density at radius 2 is 1.68 bits per heavy atom. The summed E-state index contributed by atoms with van der Waals surface area (Å²) in [6.07, 6.45) is 9.69. The molecule has 6 atom stereocenters. The number of carbonyl (C=O) groups excluding carboxylic acids is 1. The topological polar surface area (TPSA) is 54.4 Å².